The molecule has 0 aliphatic heterocycles. The minimum atomic E-state index is -9.72. The number of nitrogens with one attached hydrogen (secondary N) is 1. The van der Waals surface area contributed by atoms with Crippen LogP contribution in [-0.2, 0) is 9.84 Å². The van der Waals surface area contributed by atoms with E-state index in [2.05, 4.69) is 5.32 Å². The lowest BCUT2D eigenvalue weighted by Gasteiger charge is -2.40. The average Bonchev–Trinajstić information content (AvgIpc) is 2.83. The first kappa shape index (κ1) is 26.9. The van der Waals surface area contributed by atoms with Crippen LogP contribution in [0.25, 0.3) is 11.1 Å². The molecule has 0 saturated heterocycles. The van der Waals surface area contributed by atoms with Crippen molar-refractivity contribution in [2.45, 2.75) is 46.8 Å². The summed E-state index contributed by atoms with van der Waals surface area (Å²) >= 11 is 0. The number of sulfone groups is 1. The van der Waals surface area contributed by atoms with E-state index in [1.807, 2.05) is 0 Å². The van der Waals surface area contributed by atoms with Gasteiger partial charge in [0.2, 0.25) is 5.91 Å². The van der Waals surface area contributed by atoms with Gasteiger partial charge in [-0.25, -0.2) is 8.42 Å². The summed E-state index contributed by atoms with van der Waals surface area (Å²) in [4.78, 5) is 9.63. The summed E-state index contributed by atoms with van der Waals surface area (Å²) in [6.07, 6.45) is 1.58. The van der Waals surface area contributed by atoms with Crippen molar-refractivity contribution in [3.8, 4) is 11.1 Å². The molecule has 0 bridgehead atoms. The molecule has 1 saturated carbocycles. The van der Waals surface area contributed by atoms with Gasteiger partial charge in [-0.3, -0.25) is 4.79 Å². The maximum atomic E-state index is 13.2. The van der Waals surface area contributed by atoms with Crippen molar-refractivity contribution in [2.75, 3.05) is 5.32 Å². The molecule has 3 N–H and O–H groups in total. The van der Waals surface area contributed by atoms with Crippen LogP contribution in [0.3, 0.4) is 0 Å². The lowest BCUT2D eigenvalue weighted by Crippen LogP contribution is -2.32. The standard InChI is InChI=1S/C25H25F5N2O3S2/c26-37(27,28,29,30)24-14-8-21(9-15-24)32-20-6-12-23(13-7-20)36(34,35)22-10-4-17(5-11-22)18-2-1-3-19(16-18)25(31)33/h1-5,8-11,14-16,20,23,32H,6-7,12-13H2,(H2,31,33). The second kappa shape index (κ2) is 8.73. The van der Waals surface area contributed by atoms with Crippen molar-refractivity contribution < 1.29 is 32.6 Å². The summed E-state index contributed by atoms with van der Waals surface area (Å²) in [7, 11) is -13.3. The van der Waals surface area contributed by atoms with Crippen LogP contribution in [0, 0.1) is 0 Å². The number of carbonyl (C=O) groups excluding carboxylic acids is 1. The van der Waals surface area contributed by atoms with Crippen LogP contribution < -0.4 is 11.1 Å². The predicted molar refractivity (Wildman–Crippen MR) is 135 cm³/mol. The number of amides is 1. The molecule has 4 rings (SSSR count). The molecule has 0 radical (unpaired) electrons. The number of hydrogen-bond acceptors (Lipinski definition) is 4. The number of anilines is 1. The van der Waals surface area contributed by atoms with Gasteiger partial charge < -0.3 is 11.1 Å². The van der Waals surface area contributed by atoms with Gasteiger partial charge in [0.1, 0.15) is 4.90 Å². The van der Waals surface area contributed by atoms with Gasteiger partial charge in [-0.15, -0.1) is 0 Å². The van der Waals surface area contributed by atoms with Crippen molar-refractivity contribution in [3.05, 3.63) is 78.4 Å². The first-order valence-corrected chi connectivity index (χ1v) is 14.9. The molecule has 0 unspecified atom stereocenters. The Morgan fingerprint density at radius 2 is 1.41 bits per heavy atom. The molecule has 37 heavy (non-hydrogen) atoms. The van der Waals surface area contributed by atoms with Gasteiger partial charge in [0.05, 0.1) is 10.1 Å². The second-order valence-corrected chi connectivity index (χ2v) is 13.8. The van der Waals surface area contributed by atoms with Gasteiger partial charge in [0.25, 0.3) is 0 Å². The maximum Gasteiger partial charge on any atom is 0.310 e. The van der Waals surface area contributed by atoms with E-state index in [4.69, 9.17) is 5.73 Å². The number of carbonyl (C=O) groups is 1. The van der Waals surface area contributed by atoms with Gasteiger partial charge in [0.15, 0.2) is 9.84 Å². The Bertz CT molecular complexity index is 1420. The highest BCUT2D eigenvalue weighted by Crippen LogP contribution is 3.02. The van der Waals surface area contributed by atoms with Crippen molar-refractivity contribution in [3.63, 3.8) is 0 Å². The van der Waals surface area contributed by atoms with Crippen LogP contribution in [-0.4, -0.2) is 25.6 Å². The fourth-order valence-corrected chi connectivity index (χ4v) is 6.89. The average molecular weight is 561 g/mol. The van der Waals surface area contributed by atoms with Gasteiger partial charge in [-0.1, -0.05) is 43.7 Å². The number of halogens is 5. The molecular formula is C25H25F5N2O3S2. The molecule has 3 aromatic carbocycles. The fraction of sp³-hybridized carbons (Fsp3) is 0.240. The van der Waals surface area contributed by atoms with Gasteiger partial charge >= 0.3 is 10.2 Å². The van der Waals surface area contributed by atoms with E-state index in [9.17, 15) is 32.6 Å². The van der Waals surface area contributed by atoms with Gasteiger partial charge in [0, 0.05) is 17.3 Å². The molecule has 0 spiro atoms. The third-order valence-corrected chi connectivity index (χ3v) is 9.89. The molecule has 1 aliphatic rings. The molecule has 3 aromatic rings. The summed E-state index contributed by atoms with van der Waals surface area (Å²) in [6, 6.07) is 15.5. The highest BCUT2D eigenvalue weighted by molar-refractivity contribution is 8.45. The van der Waals surface area contributed by atoms with Crippen LogP contribution in [0.2, 0.25) is 0 Å². The monoisotopic (exact) mass is 560 g/mol. The van der Waals surface area contributed by atoms with E-state index in [1.165, 1.54) is 12.1 Å². The zero-order chi connectivity index (χ0) is 27.1. The highest BCUT2D eigenvalue weighted by atomic mass is 32.5. The summed E-state index contributed by atoms with van der Waals surface area (Å²) in [6.45, 7) is 0. The molecule has 1 aliphatic carbocycles. The lowest BCUT2D eigenvalue weighted by molar-refractivity contribution is 0.1000. The highest BCUT2D eigenvalue weighted by Gasteiger charge is 2.65. The van der Waals surface area contributed by atoms with E-state index in [-0.39, 0.29) is 16.6 Å². The SMILES string of the molecule is NC(=O)c1cccc(-c2ccc(S(=O)(=O)C3CCC(Nc4ccc(S(F)(F)(F)(F)F)cc4)CC3)cc2)c1. The van der Waals surface area contributed by atoms with E-state index < -0.39 is 36.1 Å². The van der Waals surface area contributed by atoms with E-state index in [1.54, 1.807) is 36.4 Å². The van der Waals surface area contributed by atoms with Crippen LogP contribution in [0.4, 0.5) is 25.1 Å². The Balaban J connectivity index is 1.39. The Hall–Kier alpha value is -3.12. The topological polar surface area (TPSA) is 89.3 Å². The number of nitrogens with two attached hydrogens (primary N) is 1. The second-order valence-electron chi connectivity index (χ2n) is 9.13. The fourth-order valence-electron chi connectivity index (χ4n) is 4.44. The summed E-state index contributed by atoms with van der Waals surface area (Å²) in [5, 5.41) is 2.39. The zero-order valence-corrected chi connectivity index (χ0v) is 21.1. The number of hydrogen-bond donors (Lipinski definition) is 2. The van der Waals surface area contributed by atoms with Crippen LogP contribution in [0.5, 0.6) is 0 Å². The van der Waals surface area contributed by atoms with Crippen LogP contribution in [0.15, 0.2) is 82.6 Å². The van der Waals surface area contributed by atoms with Gasteiger partial charge in [-0.05, 0) is 85.3 Å². The maximum absolute atomic E-state index is 13.2. The molecule has 5 nitrogen and oxygen atoms in total. The third kappa shape index (κ3) is 6.24. The molecular weight excluding hydrogens is 535 g/mol. The minimum absolute atomic E-state index is 0.172. The first-order valence-electron chi connectivity index (χ1n) is 11.4. The van der Waals surface area contributed by atoms with E-state index in [0.29, 0.717) is 43.4 Å². The Morgan fingerprint density at radius 1 is 0.811 bits per heavy atom. The van der Waals surface area contributed by atoms with Crippen molar-refractivity contribution >= 4 is 31.7 Å². The molecule has 200 valence electrons. The van der Waals surface area contributed by atoms with Gasteiger partial charge in [-0.2, -0.15) is 0 Å². The quantitative estimate of drug-likeness (QED) is 0.297. The van der Waals surface area contributed by atoms with Crippen molar-refractivity contribution in [2.24, 2.45) is 5.73 Å². The number of rotatable bonds is 7. The molecule has 0 heterocycles. The lowest BCUT2D eigenvalue weighted by atomic mass is 9.95. The molecule has 1 fully saturated rings. The summed E-state index contributed by atoms with van der Waals surface area (Å²) in [5.41, 5.74) is 7.37. The normalized spacial score (nSPS) is 20.5. The predicted octanol–water partition coefficient (Wildman–Crippen LogP) is 7.31. The first-order chi connectivity index (χ1) is 17.0. The molecule has 0 aromatic heterocycles. The molecule has 1 amide bonds. The van der Waals surface area contributed by atoms with E-state index >= 15 is 0 Å². The Kier molecular flexibility index (Phi) is 6.35. The van der Waals surface area contributed by atoms with Crippen LogP contribution >= 0.6 is 10.2 Å². The van der Waals surface area contributed by atoms with Crippen LogP contribution in [0.1, 0.15) is 36.0 Å². The van der Waals surface area contributed by atoms with Crippen molar-refractivity contribution in [1.82, 2.24) is 0 Å². The minimum Gasteiger partial charge on any atom is -0.382 e. The summed E-state index contributed by atoms with van der Waals surface area (Å²) < 4.78 is 90.8. The Morgan fingerprint density at radius 3 is 1.95 bits per heavy atom. The number of primary amides is 1. The molecule has 0 atom stereocenters. The largest absolute Gasteiger partial charge is 0.382 e. The summed E-state index contributed by atoms with van der Waals surface area (Å²) in [5.74, 6) is -0.563. The number of benzene rings is 3. The molecule has 12 heteroatoms. The third-order valence-electron chi connectivity index (χ3n) is 6.45. The van der Waals surface area contributed by atoms with E-state index in [0.717, 1.165) is 23.3 Å². The Labute approximate surface area is 211 Å². The zero-order valence-electron chi connectivity index (χ0n) is 19.4. The smallest absolute Gasteiger partial charge is 0.310 e. The van der Waals surface area contributed by atoms with Crippen molar-refractivity contribution in [1.29, 1.82) is 0 Å².